The average Bonchev–Trinajstić information content (AvgIpc) is 3.47. The van der Waals surface area contributed by atoms with Gasteiger partial charge in [-0.2, -0.15) is 0 Å². The highest BCUT2D eigenvalue weighted by Crippen LogP contribution is 2.33. The molecule has 5 atom stereocenters. The van der Waals surface area contributed by atoms with Gasteiger partial charge in [0.25, 0.3) is 0 Å². The molecule has 43 heavy (non-hydrogen) atoms. The molecule has 1 saturated heterocycles. The molecule has 0 bridgehead atoms. The van der Waals surface area contributed by atoms with Crippen molar-refractivity contribution in [3.63, 3.8) is 0 Å². The van der Waals surface area contributed by atoms with Crippen LogP contribution in [0.15, 0.2) is 48.5 Å². The van der Waals surface area contributed by atoms with Gasteiger partial charge in [-0.1, -0.05) is 48.5 Å². The third-order valence-electron chi connectivity index (χ3n) is 7.71. The maximum atomic E-state index is 12.9. The second kappa shape index (κ2) is 11.2. The van der Waals surface area contributed by atoms with E-state index in [-0.39, 0.29) is 11.7 Å². The lowest BCUT2D eigenvalue weighted by Crippen LogP contribution is -2.58. The minimum Gasteiger partial charge on any atom is -0.479 e. The van der Waals surface area contributed by atoms with E-state index in [1.165, 1.54) is 0 Å². The number of aliphatic hydroxyl groups excluding tert-OH is 3. The number of anilines is 1. The fraction of sp³-hybridized carbons (Fsp3) is 0.345. The van der Waals surface area contributed by atoms with Crippen molar-refractivity contribution in [2.24, 2.45) is 0 Å². The fourth-order valence-corrected chi connectivity index (χ4v) is 5.48. The number of aliphatic carboxylic acids is 1. The normalized spacial score (nSPS) is 23.7. The summed E-state index contributed by atoms with van der Waals surface area (Å²) < 4.78 is 5.31. The van der Waals surface area contributed by atoms with Crippen LogP contribution in [0.2, 0.25) is 0 Å². The van der Waals surface area contributed by atoms with Crippen molar-refractivity contribution in [1.29, 1.82) is 0 Å². The number of nitrogens with zero attached hydrogens (tertiary/aromatic N) is 7. The number of aryl methyl sites for hydroxylation is 2. The van der Waals surface area contributed by atoms with Crippen LogP contribution in [0.1, 0.15) is 35.3 Å². The monoisotopic (exact) mass is 587 g/mol. The zero-order valence-electron chi connectivity index (χ0n) is 23.3. The molecule has 4 heterocycles. The summed E-state index contributed by atoms with van der Waals surface area (Å²) in [4.78, 5) is 36.0. The van der Waals surface area contributed by atoms with E-state index in [9.17, 15) is 30.0 Å². The van der Waals surface area contributed by atoms with Gasteiger partial charge in [0.15, 0.2) is 6.10 Å². The van der Waals surface area contributed by atoms with Gasteiger partial charge in [0, 0.05) is 23.2 Å². The number of benzene rings is 2. The van der Waals surface area contributed by atoms with Crippen molar-refractivity contribution in [2.45, 2.75) is 63.9 Å². The number of aromatic nitrogens is 6. The van der Waals surface area contributed by atoms with Crippen LogP contribution in [0, 0.1) is 13.8 Å². The van der Waals surface area contributed by atoms with Crippen LogP contribution in [-0.4, -0.2) is 86.9 Å². The van der Waals surface area contributed by atoms with E-state index in [0.717, 1.165) is 32.7 Å². The number of tetrazole rings is 1. The van der Waals surface area contributed by atoms with Crippen LogP contribution in [-0.2, 0) is 27.3 Å². The lowest BCUT2D eigenvalue weighted by Gasteiger charge is -2.37. The summed E-state index contributed by atoms with van der Waals surface area (Å²) in [5.74, 6) is -0.0479. The predicted octanol–water partition coefficient (Wildman–Crippen LogP) is 0.958. The second-order valence-corrected chi connectivity index (χ2v) is 10.6. The van der Waals surface area contributed by atoms with Gasteiger partial charge in [-0.3, -0.25) is 9.69 Å². The number of rotatable bonds is 6. The van der Waals surface area contributed by atoms with Crippen LogP contribution in [0.25, 0.3) is 22.5 Å². The Kier molecular flexibility index (Phi) is 7.43. The van der Waals surface area contributed by atoms with Crippen LogP contribution in [0.5, 0.6) is 0 Å². The third-order valence-corrected chi connectivity index (χ3v) is 7.71. The smallest absolute Gasteiger partial charge is 0.335 e. The first-order valence-electron chi connectivity index (χ1n) is 13.7. The first kappa shape index (κ1) is 28.5. The number of hydrogen-bond acceptors (Lipinski definition) is 11. The Bertz CT molecular complexity index is 1690. The topological polar surface area (TPSA) is 197 Å². The molecule has 2 aromatic carbocycles. The summed E-state index contributed by atoms with van der Waals surface area (Å²) in [6, 6.07) is 15.0. The van der Waals surface area contributed by atoms with Gasteiger partial charge in [0.1, 0.15) is 30.0 Å². The van der Waals surface area contributed by atoms with Crippen molar-refractivity contribution in [3.8, 4) is 22.5 Å². The van der Waals surface area contributed by atoms with Crippen molar-refractivity contribution in [1.82, 2.24) is 30.2 Å². The van der Waals surface area contributed by atoms with Crippen molar-refractivity contribution >= 4 is 17.7 Å². The molecule has 4 aromatic rings. The second-order valence-electron chi connectivity index (χ2n) is 10.6. The van der Waals surface area contributed by atoms with E-state index >= 15 is 0 Å². The number of carboxylic acid groups (broad SMARTS) is 1. The van der Waals surface area contributed by atoms with E-state index < -0.39 is 36.6 Å². The molecule has 222 valence electrons. The minimum absolute atomic E-state index is 0.0114. The molecule has 6 rings (SSSR count). The molecule has 0 radical (unpaired) electrons. The molecule has 0 saturated carbocycles. The zero-order chi connectivity index (χ0) is 30.4. The maximum absolute atomic E-state index is 12.9. The van der Waals surface area contributed by atoms with E-state index in [0.29, 0.717) is 36.6 Å². The van der Waals surface area contributed by atoms with Gasteiger partial charge in [0.2, 0.25) is 18.0 Å². The summed E-state index contributed by atoms with van der Waals surface area (Å²) in [7, 11) is 0. The molecule has 0 spiro atoms. The van der Waals surface area contributed by atoms with Gasteiger partial charge in [-0.15, -0.1) is 15.0 Å². The quantitative estimate of drug-likeness (QED) is 0.250. The number of hydrogen-bond donors (Lipinski definition) is 4. The van der Waals surface area contributed by atoms with Crippen molar-refractivity contribution < 1.29 is 34.8 Å². The van der Waals surface area contributed by atoms with Crippen LogP contribution >= 0.6 is 0 Å². The number of fused-ring (bicyclic) bond motifs is 1. The van der Waals surface area contributed by atoms with E-state index in [1.807, 2.05) is 50.2 Å². The highest BCUT2D eigenvalue weighted by Gasteiger charge is 2.48. The number of carbonyl (C=O) groups excluding carboxylic acids is 1. The van der Waals surface area contributed by atoms with Gasteiger partial charge in [-0.05, 0) is 42.2 Å². The first-order chi connectivity index (χ1) is 20.6. The predicted molar refractivity (Wildman–Crippen MR) is 149 cm³/mol. The SMILES string of the molecule is Cc1nc(C)c2c(n1)N(Cc1ccc(-c3ccccc3-c3nnn([C@@H]4O[C@H](C(=O)O)[C@@H](O)[C@H](O)[C@H]4O)n3)cc1)C(=O)CC2. The highest BCUT2D eigenvalue weighted by molar-refractivity contribution is 5.95. The first-order valence-corrected chi connectivity index (χ1v) is 13.7. The summed E-state index contributed by atoms with van der Waals surface area (Å²) >= 11 is 0. The molecule has 14 nitrogen and oxygen atoms in total. The maximum Gasteiger partial charge on any atom is 0.335 e. The van der Waals surface area contributed by atoms with Crippen molar-refractivity contribution in [3.05, 3.63) is 71.2 Å². The third kappa shape index (κ3) is 5.25. The number of aliphatic hydroxyl groups is 3. The Morgan fingerprint density at radius 2 is 1.67 bits per heavy atom. The molecular formula is C29H29N7O7. The summed E-state index contributed by atoms with van der Waals surface area (Å²) in [6.07, 6.45) is -7.59. The number of carbonyl (C=O) groups is 2. The van der Waals surface area contributed by atoms with Gasteiger partial charge in [-0.25, -0.2) is 14.8 Å². The molecule has 0 unspecified atom stereocenters. The lowest BCUT2D eigenvalue weighted by molar-refractivity contribution is -0.251. The van der Waals surface area contributed by atoms with Gasteiger partial charge >= 0.3 is 5.97 Å². The fourth-order valence-electron chi connectivity index (χ4n) is 5.48. The van der Waals surface area contributed by atoms with E-state index in [4.69, 9.17) is 4.74 Å². The van der Waals surface area contributed by atoms with Crippen LogP contribution < -0.4 is 4.90 Å². The Hall–Kier alpha value is -4.63. The van der Waals surface area contributed by atoms with Crippen molar-refractivity contribution in [2.75, 3.05) is 4.90 Å². The molecule has 2 aliphatic rings. The van der Waals surface area contributed by atoms with Crippen LogP contribution in [0.4, 0.5) is 5.82 Å². The lowest BCUT2D eigenvalue weighted by atomic mass is 9.97. The van der Waals surface area contributed by atoms with E-state index in [1.54, 1.807) is 17.0 Å². The molecule has 0 aliphatic carbocycles. The largest absolute Gasteiger partial charge is 0.479 e. The highest BCUT2D eigenvalue weighted by atomic mass is 16.6. The van der Waals surface area contributed by atoms with Crippen LogP contribution in [0.3, 0.4) is 0 Å². The molecule has 1 fully saturated rings. The standard InChI is InChI=1S/C29H29N7O7/c1-14-18-11-12-21(37)35(27(18)31-15(2)30-14)13-16-7-9-17(10-8-16)19-5-3-4-6-20(19)26-32-34-36(33-26)28-24(40)22(38)23(39)25(43-28)29(41)42/h3-10,22-25,28,38-40H,11-13H2,1-2H3,(H,41,42)/t22-,23-,24+,25-,28+/m0/s1. The van der Waals surface area contributed by atoms with Gasteiger partial charge < -0.3 is 25.2 Å². The summed E-state index contributed by atoms with van der Waals surface area (Å²) in [5.41, 5.74) is 5.01. The van der Waals surface area contributed by atoms with Gasteiger partial charge in [0.05, 0.1) is 6.54 Å². The number of carboxylic acids is 1. The Labute approximate surface area is 245 Å². The molecule has 14 heteroatoms. The molecule has 2 aliphatic heterocycles. The molecular weight excluding hydrogens is 558 g/mol. The van der Waals surface area contributed by atoms with E-state index in [2.05, 4.69) is 25.4 Å². The Balaban J connectivity index is 1.25. The molecule has 1 amide bonds. The minimum atomic E-state index is -1.83. The summed E-state index contributed by atoms with van der Waals surface area (Å²) in [6.45, 7) is 4.11. The zero-order valence-corrected chi connectivity index (χ0v) is 23.3. The number of ether oxygens (including phenoxy) is 1. The average molecular weight is 588 g/mol. The summed E-state index contributed by atoms with van der Waals surface area (Å²) in [5, 5.41) is 52.2. The molecule has 2 aromatic heterocycles. The Morgan fingerprint density at radius 1 is 0.953 bits per heavy atom. The number of amides is 1. The Morgan fingerprint density at radius 3 is 2.40 bits per heavy atom. The molecule has 4 N–H and O–H groups in total.